The minimum Gasteiger partial charge on any atom is -0.396 e. The highest BCUT2D eigenvalue weighted by Gasteiger charge is 2.44. The van der Waals surface area contributed by atoms with Crippen LogP contribution in [0.4, 0.5) is 0 Å². The van der Waals surface area contributed by atoms with Gasteiger partial charge < -0.3 is 5.11 Å². The number of nitro groups is 1. The standard InChI is InChI=1S/C11H18N2O4/c1-11(2)6-8(12-4-3-5-14)10(13(16)17)9(15)7-11/h10,14H,3-7H2,1-2H3. The molecule has 1 aliphatic carbocycles. The van der Waals surface area contributed by atoms with Crippen LogP contribution in [0.25, 0.3) is 0 Å². The van der Waals surface area contributed by atoms with Crippen molar-refractivity contribution in [1.82, 2.24) is 0 Å². The highest BCUT2D eigenvalue weighted by molar-refractivity contribution is 6.10. The van der Waals surface area contributed by atoms with Crippen LogP contribution in [0.5, 0.6) is 0 Å². The molecule has 0 amide bonds. The minimum absolute atomic E-state index is 0.00273. The van der Waals surface area contributed by atoms with E-state index in [1.807, 2.05) is 13.8 Å². The number of Topliss-reactive ketones (excluding diaryl/α,β-unsaturated/α-hetero) is 1. The molecular formula is C11H18N2O4. The Morgan fingerprint density at radius 1 is 1.53 bits per heavy atom. The Kier molecular flexibility index (Phi) is 4.34. The summed E-state index contributed by atoms with van der Waals surface area (Å²) in [6, 6.07) is -1.28. The summed E-state index contributed by atoms with van der Waals surface area (Å²) < 4.78 is 0. The first-order valence-corrected chi connectivity index (χ1v) is 5.68. The van der Waals surface area contributed by atoms with Gasteiger partial charge in [-0.2, -0.15) is 0 Å². The molecule has 0 spiro atoms. The van der Waals surface area contributed by atoms with Crippen molar-refractivity contribution in [2.45, 2.75) is 39.2 Å². The van der Waals surface area contributed by atoms with Crippen LogP contribution in [0.2, 0.25) is 0 Å². The first-order valence-electron chi connectivity index (χ1n) is 5.68. The molecule has 1 fully saturated rings. The summed E-state index contributed by atoms with van der Waals surface area (Å²) in [5.41, 5.74) is 0.0893. The van der Waals surface area contributed by atoms with E-state index >= 15 is 0 Å². The van der Waals surface area contributed by atoms with E-state index in [0.717, 1.165) is 0 Å². The molecule has 1 rings (SSSR count). The first-order chi connectivity index (χ1) is 7.87. The van der Waals surface area contributed by atoms with Gasteiger partial charge in [0.25, 0.3) is 0 Å². The summed E-state index contributed by atoms with van der Waals surface area (Å²) >= 11 is 0. The van der Waals surface area contributed by atoms with Crippen LogP contribution in [-0.4, -0.2) is 40.7 Å². The van der Waals surface area contributed by atoms with Crippen LogP contribution in [0.15, 0.2) is 4.99 Å². The normalized spacial score (nSPS) is 26.2. The smallest absolute Gasteiger partial charge is 0.307 e. The molecule has 0 aromatic rings. The second-order valence-corrected chi connectivity index (χ2v) is 5.12. The Hall–Kier alpha value is -1.30. The van der Waals surface area contributed by atoms with Crippen molar-refractivity contribution >= 4 is 11.5 Å². The molecule has 6 heteroatoms. The Labute approximate surface area is 99.9 Å². The Balaban J connectivity index is 2.90. The van der Waals surface area contributed by atoms with Gasteiger partial charge in [-0.3, -0.25) is 19.9 Å². The molecule has 0 radical (unpaired) electrons. The zero-order chi connectivity index (χ0) is 13.1. The summed E-state index contributed by atoms with van der Waals surface area (Å²) in [5, 5.41) is 19.5. The van der Waals surface area contributed by atoms with Gasteiger partial charge in [0, 0.05) is 24.5 Å². The van der Waals surface area contributed by atoms with Crippen LogP contribution < -0.4 is 0 Å². The summed E-state index contributed by atoms with van der Waals surface area (Å²) in [7, 11) is 0. The zero-order valence-corrected chi connectivity index (χ0v) is 10.2. The van der Waals surface area contributed by atoms with E-state index in [1.54, 1.807) is 0 Å². The Bertz CT molecular complexity index is 349. The predicted molar refractivity (Wildman–Crippen MR) is 62.8 cm³/mol. The maximum atomic E-state index is 11.7. The molecule has 1 atom stereocenters. The second kappa shape index (κ2) is 5.35. The minimum atomic E-state index is -1.28. The number of rotatable bonds is 4. The van der Waals surface area contributed by atoms with Gasteiger partial charge in [-0.15, -0.1) is 0 Å². The summed E-state index contributed by atoms with van der Waals surface area (Å²) in [4.78, 5) is 26.2. The largest absolute Gasteiger partial charge is 0.396 e. The summed E-state index contributed by atoms with van der Waals surface area (Å²) in [5.74, 6) is -0.367. The van der Waals surface area contributed by atoms with E-state index in [9.17, 15) is 14.9 Å². The molecule has 1 N–H and O–H groups in total. The number of aliphatic hydroxyl groups excluding tert-OH is 1. The van der Waals surface area contributed by atoms with Gasteiger partial charge in [0.1, 0.15) is 0 Å². The van der Waals surface area contributed by atoms with Gasteiger partial charge in [-0.25, -0.2) is 0 Å². The number of carbonyl (C=O) groups excluding carboxylic acids is 1. The average molecular weight is 242 g/mol. The quantitative estimate of drug-likeness (QED) is 0.449. The molecule has 0 aromatic heterocycles. The van der Waals surface area contributed by atoms with Crippen molar-refractivity contribution in [1.29, 1.82) is 0 Å². The summed E-state index contributed by atoms with van der Waals surface area (Å²) in [6.45, 7) is 4.14. The second-order valence-electron chi connectivity index (χ2n) is 5.12. The molecule has 96 valence electrons. The van der Waals surface area contributed by atoms with Gasteiger partial charge in [0.2, 0.25) is 5.78 Å². The van der Waals surface area contributed by atoms with E-state index in [0.29, 0.717) is 25.1 Å². The van der Waals surface area contributed by atoms with Crippen LogP contribution >= 0.6 is 0 Å². The third-order valence-electron chi connectivity index (χ3n) is 2.78. The van der Waals surface area contributed by atoms with E-state index < -0.39 is 11.0 Å². The maximum Gasteiger partial charge on any atom is 0.307 e. The fourth-order valence-corrected chi connectivity index (χ4v) is 2.08. The number of hydrogen-bond donors (Lipinski definition) is 1. The van der Waals surface area contributed by atoms with Gasteiger partial charge in [0.05, 0.1) is 5.71 Å². The predicted octanol–water partition coefficient (Wildman–Crippen LogP) is 0.844. The van der Waals surface area contributed by atoms with Crippen molar-refractivity contribution in [2.24, 2.45) is 10.4 Å². The lowest BCUT2D eigenvalue weighted by Crippen LogP contribution is -2.46. The van der Waals surface area contributed by atoms with Gasteiger partial charge >= 0.3 is 6.04 Å². The lowest BCUT2D eigenvalue weighted by Gasteiger charge is -2.30. The molecule has 0 aromatic carbocycles. The van der Waals surface area contributed by atoms with E-state index in [4.69, 9.17) is 5.11 Å². The molecule has 0 heterocycles. The molecule has 1 saturated carbocycles. The zero-order valence-electron chi connectivity index (χ0n) is 10.2. The summed E-state index contributed by atoms with van der Waals surface area (Å²) in [6.07, 6.45) is 1.15. The Morgan fingerprint density at radius 2 is 2.18 bits per heavy atom. The first kappa shape index (κ1) is 13.8. The number of ketones is 1. The van der Waals surface area contributed by atoms with E-state index in [-0.39, 0.29) is 24.2 Å². The molecule has 0 aliphatic heterocycles. The maximum absolute atomic E-state index is 11.7. The van der Waals surface area contributed by atoms with Crippen molar-refractivity contribution < 1.29 is 14.8 Å². The number of carbonyl (C=O) groups is 1. The van der Waals surface area contributed by atoms with E-state index in [2.05, 4.69) is 4.99 Å². The fraction of sp³-hybridized carbons (Fsp3) is 0.818. The van der Waals surface area contributed by atoms with Crippen molar-refractivity contribution in [3.8, 4) is 0 Å². The number of aliphatic hydroxyl groups is 1. The van der Waals surface area contributed by atoms with Crippen LogP contribution in [0, 0.1) is 15.5 Å². The highest BCUT2D eigenvalue weighted by Crippen LogP contribution is 2.32. The number of nitrogens with zero attached hydrogens (tertiary/aromatic N) is 2. The molecular weight excluding hydrogens is 224 g/mol. The monoisotopic (exact) mass is 242 g/mol. The van der Waals surface area contributed by atoms with Crippen molar-refractivity contribution in [3.05, 3.63) is 10.1 Å². The lowest BCUT2D eigenvalue weighted by molar-refractivity contribution is -0.490. The lowest BCUT2D eigenvalue weighted by atomic mass is 9.74. The number of hydrogen-bond acceptors (Lipinski definition) is 5. The number of aliphatic imine (C=N–C) groups is 1. The van der Waals surface area contributed by atoms with Crippen LogP contribution in [0.1, 0.15) is 33.1 Å². The Morgan fingerprint density at radius 3 is 2.71 bits per heavy atom. The van der Waals surface area contributed by atoms with Gasteiger partial charge in [0.15, 0.2) is 0 Å². The molecule has 0 saturated heterocycles. The molecule has 0 bridgehead atoms. The van der Waals surface area contributed by atoms with Crippen LogP contribution in [0.3, 0.4) is 0 Å². The topological polar surface area (TPSA) is 92.8 Å². The van der Waals surface area contributed by atoms with Gasteiger partial charge in [-0.05, 0) is 18.3 Å². The third-order valence-corrected chi connectivity index (χ3v) is 2.78. The molecule has 1 unspecified atom stereocenters. The van der Waals surface area contributed by atoms with Crippen LogP contribution in [-0.2, 0) is 4.79 Å². The van der Waals surface area contributed by atoms with E-state index in [1.165, 1.54) is 0 Å². The van der Waals surface area contributed by atoms with Gasteiger partial charge in [-0.1, -0.05) is 13.8 Å². The fourth-order valence-electron chi connectivity index (χ4n) is 2.08. The SMILES string of the molecule is CC1(C)CC(=O)C([N+](=O)[O-])C(=NCCCO)C1. The van der Waals surface area contributed by atoms with Crippen molar-refractivity contribution in [3.63, 3.8) is 0 Å². The molecule has 6 nitrogen and oxygen atoms in total. The average Bonchev–Trinajstić information content (AvgIpc) is 2.14. The molecule has 1 aliphatic rings. The molecule has 17 heavy (non-hydrogen) atoms. The van der Waals surface area contributed by atoms with Crippen molar-refractivity contribution in [2.75, 3.05) is 13.2 Å². The third kappa shape index (κ3) is 3.59. The highest BCUT2D eigenvalue weighted by atomic mass is 16.6.